The maximum Gasteiger partial charge on any atom is 0.282 e. The lowest BCUT2D eigenvalue weighted by atomic mass is 10.2. The summed E-state index contributed by atoms with van der Waals surface area (Å²) in [6.45, 7) is 2.66. The zero-order chi connectivity index (χ0) is 20.8. The molecule has 0 amide bonds. The molecule has 6 heteroatoms. The average Bonchev–Trinajstić information content (AvgIpc) is 2.79. The lowest BCUT2D eigenvalue weighted by molar-refractivity contribution is 0.289. The van der Waals surface area contributed by atoms with Crippen LogP contribution in [0.2, 0.25) is 0 Å². The van der Waals surface area contributed by atoms with E-state index in [4.69, 9.17) is 9.47 Å². The molecule has 1 heterocycles. The van der Waals surface area contributed by atoms with Gasteiger partial charge in [-0.1, -0.05) is 30.3 Å². The fraction of sp³-hybridized carbons (Fsp3) is 0.125. The number of fused-ring (bicyclic) bond motifs is 1. The van der Waals surface area contributed by atoms with Gasteiger partial charge in [-0.2, -0.15) is 9.78 Å². The van der Waals surface area contributed by atoms with Gasteiger partial charge < -0.3 is 9.47 Å². The van der Waals surface area contributed by atoms with E-state index in [-0.39, 0.29) is 12.2 Å². The largest absolute Gasteiger partial charge is 0.494 e. The minimum atomic E-state index is -0.241. The lowest BCUT2D eigenvalue weighted by Crippen LogP contribution is -2.23. The molecule has 30 heavy (non-hydrogen) atoms. The van der Waals surface area contributed by atoms with E-state index in [1.54, 1.807) is 12.3 Å². The van der Waals surface area contributed by atoms with Crippen LogP contribution in [0, 0.1) is 0 Å². The van der Waals surface area contributed by atoms with Crippen LogP contribution in [0.25, 0.3) is 10.9 Å². The molecule has 0 bridgehead atoms. The van der Waals surface area contributed by atoms with Crippen molar-refractivity contribution in [3.63, 3.8) is 0 Å². The van der Waals surface area contributed by atoms with Gasteiger partial charge in [0.2, 0.25) is 0 Å². The maximum absolute atomic E-state index is 13.1. The van der Waals surface area contributed by atoms with Crippen molar-refractivity contribution >= 4 is 17.1 Å². The Bertz CT molecular complexity index is 1220. The summed E-state index contributed by atoms with van der Waals surface area (Å²) >= 11 is 0. The van der Waals surface area contributed by atoms with E-state index in [1.165, 1.54) is 4.68 Å². The van der Waals surface area contributed by atoms with E-state index < -0.39 is 0 Å². The first-order valence-electron chi connectivity index (χ1n) is 9.70. The molecule has 0 unspecified atom stereocenters. The van der Waals surface area contributed by atoms with Crippen molar-refractivity contribution < 1.29 is 9.47 Å². The maximum atomic E-state index is 13.1. The molecule has 150 valence electrons. The summed E-state index contributed by atoms with van der Waals surface area (Å²) in [5.41, 5.74) is 1.21. The van der Waals surface area contributed by atoms with Crippen LogP contribution in [0.4, 0.5) is 0 Å². The Morgan fingerprint density at radius 3 is 2.37 bits per heavy atom. The molecule has 0 saturated carbocycles. The normalized spacial score (nSPS) is 11.1. The van der Waals surface area contributed by atoms with Crippen LogP contribution in [0.3, 0.4) is 0 Å². The predicted octanol–water partition coefficient (Wildman–Crippen LogP) is 4.26. The molecule has 0 radical (unpaired) electrons. The molecule has 0 aliphatic carbocycles. The Hall–Kier alpha value is -3.93. The van der Waals surface area contributed by atoms with Crippen LogP contribution < -0.4 is 15.0 Å². The monoisotopic (exact) mass is 399 g/mol. The van der Waals surface area contributed by atoms with Crippen LogP contribution in [-0.4, -0.2) is 22.5 Å². The summed E-state index contributed by atoms with van der Waals surface area (Å²) in [4.78, 5) is 17.7. The van der Waals surface area contributed by atoms with Gasteiger partial charge in [-0.3, -0.25) is 4.79 Å². The molecular formula is C24H21N3O3. The molecule has 0 spiro atoms. The number of aromatic nitrogens is 2. The first-order valence-corrected chi connectivity index (χ1v) is 9.70. The van der Waals surface area contributed by atoms with Crippen molar-refractivity contribution in [2.75, 3.05) is 6.61 Å². The number of benzene rings is 3. The molecule has 6 nitrogen and oxygen atoms in total. The third-order valence-corrected chi connectivity index (χ3v) is 4.45. The van der Waals surface area contributed by atoms with Gasteiger partial charge in [0.05, 0.1) is 23.7 Å². The van der Waals surface area contributed by atoms with Crippen molar-refractivity contribution in [3.8, 4) is 11.5 Å². The highest BCUT2D eigenvalue weighted by atomic mass is 16.5. The van der Waals surface area contributed by atoms with Crippen LogP contribution in [-0.2, 0) is 6.61 Å². The average molecular weight is 399 g/mol. The summed E-state index contributed by atoms with van der Waals surface area (Å²) in [6, 6.07) is 24.1. The Labute approximate surface area is 174 Å². The molecule has 4 aromatic rings. The quantitative estimate of drug-likeness (QED) is 0.436. The van der Waals surface area contributed by atoms with E-state index in [0.717, 1.165) is 11.3 Å². The van der Waals surface area contributed by atoms with Gasteiger partial charge in [0.25, 0.3) is 5.56 Å². The van der Waals surface area contributed by atoms with Crippen LogP contribution in [0.5, 0.6) is 11.5 Å². The SMILES string of the molecule is CCOc1ccc(/C=N\n2c(COc3ccccc3)nc3ccccc3c2=O)cc1. The van der Waals surface area contributed by atoms with Gasteiger partial charge in [-0.25, -0.2) is 4.98 Å². The summed E-state index contributed by atoms with van der Waals surface area (Å²) in [5.74, 6) is 1.91. The first-order chi connectivity index (χ1) is 14.7. The van der Waals surface area contributed by atoms with E-state index in [1.807, 2.05) is 79.7 Å². The number of rotatable bonds is 7. The van der Waals surface area contributed by atoms with Crippen LogP contribution >= 0.6 is 0 Å². The molecule has 0 atom stereocenters. The number of para-hydroxylation sites is 2. The van der Waals surface area contributed by atoms with Gasteiger partial charge in [-0.15, -0.1) is 0 Å². The highest BCUT2D eigenvalue weighted by Gasteiger charge is 2.11. The summed E-state index contributed by atoms with van der Waals surface area (Å²) in [7, 11) is 0. The molecule has 4 rings (SSSR count). The lowest BCUT2D eigenvalue weighted by Gasteiger charge is -2.10. The summed E-state index contributed by atoms with van der Waals surface area (Å²) in [6.07, 6.45) is 1.62. The Morgan fingerprint density at radius 2 is 1.60 bits per heavy atom. The minimum Gasteiger partial charge on any atom is -0.494 e. The van der Waals surface area contributed by atoms with Crippen molar-refractivity contribution in [1.29, 1.82) is 0 Å². The molecule has 0 saturated heterocycles. The van der Waals surface area contributed by atoms with E-state index in [2.05, 4.69) is 10.1 Å². The molecule has 0 aliphatic heterocycles. The fourth-order valence-electron chi connectivity index (χ4n) is 2.99. The van der Waals surface area contributed by atoms with Gasteiger partial charge in [-0.05, 0) is 61.0 Å². The Kier molecular flexibility index (Phi) is 5.85. The first kappa shape index (κ1) is 19.4. The topological polar surface area (TPSA) is 65.7 Å². The van der Waals surface area contributed by atoms with Crippen LogP contribution in [0.15, 0.2) is 88.8 Å². The number of ether oxygens (including phenoxy) is 2. The zero-order valence-electron chi connectivity index (χ0n) is 16.6. The smallest absolute Gasteiger partial charge is 0.282 e. The molecule has 1 aromatic heterocycles. The highest BCUT2D eigenvalue weighted by molar-refractivity contribution is 5.80. The predicted molar refractivity (Wildman–Crippen MR) is 117 cm³/mol. The van der Waals surface area contributed by atoms with Gasteiger partial charge in [0.1, 0.15) is 18.1 Å². The van der Waals surface area contributed by atoms with Crippen molar-refractivity contribution in [2.45, 2.75) is 13.5 Å². The van der Waals surface area contributed by atoms with Gasteiger partial charge in [0.15, 0.2) is 5.82 Å². The van der Waals surface area contributed by atoms with E-state index >= 15 is 0 Å². The summed E-state index contributed by atoms with van der Waals surface area (Å²) < 4.78 is 12.6. The molecular weight excluding hydrogens is 378 g/mol. The third kappa shape index (κ3) is 4.38. The summed E-state index contributed by atoms with van der Waals surface area (Å²) in [5, 5.41) is 4.91. The van der Waals surface area contributed by atoms with E-state index in [9.17, 15) is 4.79 Å². The zero-order valence-corrected chi connectivity index (χ0v) is 16.6. The minimum absolute atomic E-state index is 0.116. The molecule has 0 N–H and O–H groups in total. The number of hydrogen-bond donors (Lipinski definition) is 0. The number of nitrogens with zero attached hydrogens (tertiary/aromatic N) is 3. The second-order valence-corrected chi connectivity index (χ2v) is 6.51. The Balaban J connectivity index is 1.69. The third-order valence-electron chi connectivity index (χ3n) is 4.45. The fourth-order valence-corrected chi connectivity index (χ4v) is 2.99. The van der Waals surface area contributed by atoms with Crippen molar-refractivity contribution in [1.82, 2.24) is 9.66 Å². The van der Waals surface area contributed by atoms with E-state index in [0.29, 0.717) is 29.1 Å². The second kappa shape index (κ2) is 9.05. The van der Waals surface area contributed by atoms with Gasteiger partial charge >= 0.3 is 0 Å². The molecule has 0 fully saturated rings. The van der Waals surface area contributed by atoms with Crippen molar-refractivity contribution in [3.05, 3.63) is 101 Å². The van der Waals surface area contributed by atoms with Gasteiger partial charge in [0, 0.05) is 0 Å². The highest BCUT2D eigenvalue weighted by Crippen LogP contribution is 2.14. The standard InChI is InChI=1S/C24H21N3O3/c1-2-29-20-14-12-18(13-15-20)16-25-27-23(17-30-19-8-4-3-5-9-19)26-22-11-7-6-10-21(22)24(27)28/h3-16H,2,17H2,1H3/b25-16-. The molecule has 3 aromatic carbocycles. The number of hydrogen-bond acceptors (Lipinski definition) is 5. The van der Waals surface area contributed by atoms with Crippen molar-refractivity contribution in [2.24, 2.45) is 5.10 Å². The molecule has 0 aliphatic rings. The van der Waals surface area contributed by atoms with Crippen LogP contribution in [0.1, 0.15) is 18.3 Å². The second-order valence-electron chi connectivity index (χ2n) is 6.51. The Morgan fingerprint density at radius 1 is 0.900 bits per heavy atom.